The van der Waals surface area contributed by atoms with Crippen molar-refractivity contribution in [2.75, 3.05) is 0 Å². The van der Waals surface area contributed by atoms with Crippen LogP contribution in [0.2, 0.25) is 0 Å². The molecule has 0 unspecified atom stereocenters. The fourth-order valence-corrected chi connectivity index (χ4v) is 0. The second kappa shape index (κ2) is 91.5. The van der Waals surface area contributed by atoms with Gasteiger partial charge in [0.15, 0.2) is 0 Å². The first-order valence-corrected chi connectivity index (χ1v) is 4.38. The average molecular weight is 350 g/mol. The summed E-state index contributed by atoms with van der Waals surface area (Å²) in [5.74, 6) is 0. The minimum atomic E-state index is -1.08. The number of hydrogen-bond donors (Lipinski definition) is 0. The van der Waals surface area contributed by atoms with E-state index in [1.165, 1.54) is 0 Å². The molecule has 0 saturated heterocycles. The molecule has 80 valence electrons. The van der Waals surface area contributed by atoms with Crippen LogP contribution in [-0.4, -0.2) is 81.0 Å². The van der Waals surface area contributed by atoms with Crippen molar-refractivity contribution in [3.63, 3.8) is 0 Å². The van der Waals surface area contributed by atoms with E-state index in [1.807, 2.05) is 0 Å². The maximum atomic E-state index is 8.35. The Labute approximate surface area is 151 Å². The quantitative estimate of drug-likeness (QED) is 0.319. The van der Waals surface area contributed by atoms with Crippen molar-refractivity contribution in [1.29, 1.82) is 0 Å². The molecule has 9 nitrogen and oxygen atoms in total. The van der Waals surface area contributed by atoms with Crippen LogP contribution in [0.3, 0.4) is 0 Å². The monoisotopic (exact) mass is 350 g/mol. The predicted octanol–water partition coefficient (Wildman–Crippen LogP) is -3.37. The Balaban J connectivity index is -0.0000000107. The van der Waals surface area contributed by atoms with E-state index in [0.29, 0.717) is 0 Å². The molecule has 0 spiro atoms. The van der Waals surface area contributed by atoms with Crippen molar-refractivity contribution in [2.45, 2.75) is 0 Å². The Kier molecular flexibility index (Phi) is 263. The normalized spacial score (nSPS) is 5.60. The molecule has 0 atom stereocenters. The van der Waals surface area contributed by atoms with Gasteiger partial charge in [-0.05, 0) is 0 Å². The summed E-state index contributed by atoms with van der Waals surface area (Å²) >= 11 is 0. The van der Waals surface area contributed by atoms with Crippen LogP contribution in [0.4, 0.5) is 0 Å². The van der Waals surface area contributed by atoms with Crippen molar-refractivity contribution in [2.24, 2.45) is 0 Å². The summed E-state index contributed by atoms with van der Waals surface area (Å²) in [5, 5.41) is 0. The molecule has 15 heteroatoms. The van der Waals surface area contributed by atoms with E-state index in [0.717, 1.165) is 0 Å². The third kappa shape index (κ3) is 490. The number of rotatable bonds is 0. The minimum Gasteiger partial charge on any atom is -0.772 e. The maximum Gasteiger partial charge on any atom is 2.00 e. The van der Waals surface area contributed by atoms with Gasteiger partial charge in [0, 0.05) is 0 Å². The van der Waals surface area contributed by atoms with Crippen molar-refractivity contribution >= 4 is 110 Å². The summed E-state index contributed by atoms with van der Waals surface area (Å²) in [6.07, 6.45) is 0. The van der Waals surface area contributed by atoms with Crippen LogP contribution in [0.15, 0.2) is 0 Å². The Morgan fingerprint density at radius 3 is 0.533 bits per heavy atom. The van der Waals surface area contributed by atoms with E-state index in [-0.39, 0.29) is 81.0 Å². The second-order valence-electron chi connectivity index (χ2n) is 0.298. The van der Waals surface area contributed by atoms with Crippen LogP contribution < -0.4 is 19.6 Å². The van der Waals surface area contributed by atoms with Gasteiger partial charge in [-0.3, -0.25) is 18.3 Å². The largest absolute Gasteiger partial charge is 2.00 e. The third-order valence-electron chi connectivity index (χ3n) is 0. The zero-order valence-corrected chi connectivity index (χ0v) is 15.0. The van der Waals surface area contributed by atoms with Gasteiger partial charge in [-0.1, -0.05) is 0 Å². The van der Waals surface area contributed by atoms with Crippen LogP contribution in [0.25, 0.3) is 0 Å². The zero-order valence-electron chi connectivity index (χ0n) is 6.97. The molecule has 0 radical (unpaired) electrons. The van der Waals surface area contributed by atoms with Crippen molar-refractivity contribution < 1.29 is 43.3 Å². The second-order valence-corrected chi connectivity index (χ2v) is 0.894. The van der Waals surface area contributed by atoms with Gasteiger partial charge in [-0.25, -0.2) is 0 Å². The molecular formula is H2Ca2O9P4. The van der Waals surface area contributed by atoms with Gasteiger partial charge in [0.05, 0.1) is 34.7 Å². The Bertz CT molecular complexity index is 74.1. The molecule has 0 aliphatic carbocycles. The Morgan fingerprint density at radius 2 is 0.533 bits per heavy atom. The summed E-state index contributed by atoms with van der Waals surface area (Å²) < 4.78 is 33.4. The molecule has 0 heterocycles. The first-order chi connectivity index (χ1) is 5.66. The van der Waals surface area contributed by atoms with Crippen LogP contribution in [0.5, 0.6) is 0 Å². The molecule has 0 rings (SSSR count). The summed E-state index contributed by atoms with van der Waals surface area (Å²) in [4.78, 5) is 33.4. The van der Waals surface area contributed by atoms with E-state index < -0.39 is 34.7 Å². The molecule has 2 N–H and O–H groups in total. The molecule has 0 aromatic carbocycles. The molecule has 15 heavy (non-hydrogen) atoms. The molecule has 0 bridgehead atoms. The van der Waals surface area contributed by atoms with Gasteiger partial charge in [0.25, 0.3) is 0 Å². The van der Waals surface area contributed by atoms with Gasteiger partial charge in [0.1, 0.15) is 0 Å². The summed E-state index contributed by atoms with van der Waals surface area (Å²) in [5.41, 5.74) is 0. The molecule has 0 saturated carbocycles. The van der Waals surface area contributed by atoms with Crippen LogP contribution >= 0.6 is 34.7 Å². The Morgan fingerprint density at radius 1 is 0.533 bits per heavy atom. The van der Waals surface area contributed by atoms with Gasteiger partial charge < -0.3 is 25.0 Å². The van der Waals surface area contributed by atoms with Crippen LogP contribution in [-0.2, 0) is 18.3 Å². The average Bonchev–Trinajstić information content (AvgIpc) is 1.92. The Hall–Kier alpha value is 2.72. The van der Waals surface area contributed by atoms with Gasteiger partial charge in [-0.15, -0.1) is 0 Å². The molecule has 0 fully saturated rings. The molecule has 0 aliphatic heterocycles. The standard InChI is InChI=1S/2Ca.4HO2P.H2O/c;;4*1-3-2;/h;;4*(H,1,2);1H2/q2*+2;;;;;/p-4. The fourth-order valence-electron chi connectivity index (χ4n) is 0. The van der Waals surface area contributed by atoms with Gasteiger partial charge in [-0.2, -0.15) is 0 Å². The van der Waals surface area contributed by atoms with Crippen molar-refractivity contribution in [1.82, 2.24) is 0 Å². The molecule has 0 aliphatic rings. The van der Waals surface area contributed by atoms with Gasteiger partial charge >= 0.3 is 75.5 Å². The fraction of sp³-hybridized carbons (Fsp3) is 0. The van der Waals surface area contributed by atoms with E-state index in [9.17, 15) is 0 Å². The number of hydrogen-bond acceptors (Lipinski definition) is 8. The summed E-state index contributed by atoms with van der Waals surface area (Å²) in [6.45, 7) is 0. The summed E-state index contributed by atoms with van der Waals surface area (Å²) in [7, 11) is -4.33. The zero-order chi connectivity index (χ0) is 10.8. The molecule has 0 aromatic rings. The van der Waals surface area contributed by atoms with Crippen molar-refractivity contribution in [3.8, 4) is 0 Å². The first kappa shape index (κ1) is 43.1. The predicted molar refractivity (Wildman–Crippen MR) is 45.5 cm³/mol. The minimum absolute atomic E-state index is 0. The van der Waals surface area contributed by atoms with Crippen molar-refractivity contribution in [3.05, 3.63) is 0 Å². The molecule has 0 aromatic heterocycles. The third-order valence-corrected chi connectivity index (χ3v) is 0. The van der Waals surface area contributed by atoms with Crippen LogP contribution in [0, 0.1) is 0 Å². The van der Waals surface area contributed by atoms with E-state index in [1.54, 1.807) is 0 Å². The first-order valence-electron chi connectivity index (χ1n) is 1.46. The molecular weight excluding hydrogens is 348 g/mol. The van der Waals surface area contributed by atoms with E-state index >= 15 is 0 Å². The smallest absolute Gasteiger partial charge is 0.772 e. The van der Waals surface area contributed by atoms with E-state index in [4.69, 9.17) is 37.8 Å². The SMILES string of the molecule is O.O=P[O-].O=P[O-].O=P[O-].O=P[O-].[Ca+2].[Ca+2]. The van der Waals surface area contributed by atoms with Crippen LogP contribution in [0.1, 0.15) is 0 Å². The van der Waals surface area contributed by atoms with Gasteiger partial charge in [0.2, 0.25) is 0 Å². The molecule has 0 amide bonds. The summed E-state index contributed by atoms with van der Waals surface area (Å²) in [6, 6.07) is 0. The topological polar surface area (TPSA) is 192 Å². The maximum absolute atomic E-state index is 8.35. The van der Waals surface area contributed by atoms with E-state index in [2.05, 4.69) is 0 Å².